The van der Waals surface area contributed by atoms with Crippen molar-refractivity contribution in [2.75, 3.05) is 25.9 Å². The number of rotatable bonds is 7. The van der Waals surface area contributed by atoms with Crippen LogP contribution >= 0.6 is 11.8 Å². The van der Waals surface area contributed by atoms with Gasteiger partial charge in [-0.1, -0.05) is 12.1 Å². The van der Waals surface area contributed by atoms with Crippen molar-refractivity contribution in [3.8, 4) is 0 Å². The van der Waals surface area contributed by atoms with E-state index in [-0.39, 0.29) is 11.9 Å². The summed E-state index contributed by atoms with van der Waals surface area (Å²) in [6.07, 6.45) is 6.20. The molecule has 3 rings (SSSR count). The molecule has 1 atom stereocenters. The maximum Gasteiger partial charge on any atom is 0.251 e. The molecular weight excluding hydrogens is 320 g/mol. The predicted molar refractivity (Wildman–Crippen MR) is 98.3 cm³/mol. The lowest BCUT2D eigenvalue weighted by atomic mass is 10.1. The van der Waals surface area contributed by atoms with Crippen LogP contribution in [-0.2, 0) is 5.75 Å². The Labute approximate surface area is 147 Å². The lowest BCUT2D eigenvalue weighted by Gasteiger charge is -2.26. The average Bonchev–Trinajstić information content (AvgIpc) is 3.30. The Kier molecular flexibility index (Phi) is 5.99. The Balaban J connectivity index is 1.62. The van der Waals surface area contributed by atoms with Crippen LogP contribution in [0, 0.1) is 0 Å². The fraction of sp³-hybridized carbons (Fsp3) is 0.421. The van der Waals surface area contributed by atoms with Gasteiger partial charge >= 0.3 is 0 Å². The first-order valence-corrected chi connectivity index (χ1v) is 9.81. The Bertz CT molecular complexity index is 634. The summed E-state index contributed by atoms with van der Waals surface area (Å²) in [7, 11) is 0. The van der Waals surface area contributed by atoms with Gasteiger partial charge in [0, 0.05) is 17.9 Å². The third-order valence-electron chi connectivity index (χ3n) is 4.44. The molecule has 1 saturated heterocycles. The first-order valence-electron chi connectivity index (χ1n) is 8.41. The van der Waals surface area contributed by atoms with Gasteiger partial charge in [-0.2, -0.15) is 11.8 Å². The molecule has 1 aromatic carbocycles. The normalized spacial score (nSPS) is 16.2. The predicted octanol–water partition coefficient (Wildman–Crippen LogP) is 3.71. The van der Waals surface area contributed by atoms with Crippen molar-refractivity contribution in [3.05, 3.63) is 59.5 Å². The van der Waals surface area contributed by atoms with Crippen LogP contribution in [0.5, 0.6) is 0 Å². The van der Waals surface area contributed by atoms with Crippen LogP contribution in [0.2, 0.25) is 0 Å². The van der Waals surface area contributed by atoms with E-state index in [9.17, 15) is 4.79 Å². The molecule has 0 radical (unpaired) electrons. The van der Waals surface area contributed by atoms with Crippen molar-refractivity contribution in [2.24, 2.45) is 0 Å². The minimum atomic E-state index is -0.0264. The number of amides is 1. The Morgan fingerprint density at radius 3 is 2.62 bits per heavy atom. The van der Waals surface area contributed by atoms with Crippen molar-refractivity contribution in [2.45, 2.75) is 24.6 Å². The van der Waals surface area contributed by atoms with Crippen molar-refractivity contribution >= 4 is 17.7 Å². The molecule has 2 heterocycles. The number of hydrogen-bond donors (Lipinski definition) is 1. The van der Waals surface area contributed by atoms with Crippen molar-refractivity contribution in [3.63, 3.8) is 0 Å². The van der Waals surface area contributed by atoms with E-state index in [1.165, 1.54) is 18.4 Å². The SMILES string of the molecule is CSCc1ccc(C(=O)NC[C@@H](c2ccco2)N2CCCC2)cc1. The summed E-state index contributed by atoms with van der Waals surface area (Å²) in [5, 5.41) is 3.07. The summed E-state index contributed by atoms with van der Waals surface area (Å²) in [4.78, 5) is 14.8. The molecule has 2 aromatic rings. The molecule has 1 aliphatic heterocycles. The van der Waals surface area contributed by atoms with Gasteiger partial charge in [0.15, 0.2) is 0 Å². The topological polar surface area (TPSA) is 45.5 Å². The van der Waals surface area contributed by atoms with Crippen LogP contribution in [0.4, 0.5) is 0 Å². The van der Waals surface area contributed by atoms with E-state index >= 15 is 0 Å². The molecule has 24 heavy (non-hydrogen) atoms. The average molecular weight is 344 g/mol. The quantitative estimate of drug-likeness (QED) is 0.832. The van der Waals surface area contributed by atoms with Gasteiger partial charge in [-0.25, -0.2) is 0 Å². The van der Waals surface area contributed by atoms with Crippen LogP contribution in [0.3, 0.4) is 0 Å². The monoisotopic (exact) mass is 344 g/mol. The molecule has 1 fully saturated rings. The number of likely N-dealkylation sites (tertiary alicyclic amines) is 1. The number of nitrogens with one attached hydrogen (secondary N) is 1. The van der Waals surface area contributed by atoms with Crippen LogP contribution < -0.4 is 5.32 Å². The van der Waals surface area contributed by atoms with Crippen LogP contribution in [0.15, 0.2) is 47.1 Å². The van der Waals surface area contributed by atoms with E-state index in [0.717, 1.165) is 24.6 Å². The standard InChI is InChI=1S/C19H24N2O2S/c1-24-14-15-6-8-16(9-7-15)19(22)20-13-17(18-5-4-12-23-18)21-10-2-3-11-21/h4-9,12,17H,2-3,10-11,13-14H2,1H3,(H,20,22)/t17-/m0/s1. The highest BCUT2D eigenvalue weighted by atomic mass is 32.2. The fourth-order valence-electron chi connectivity index (χ4n) is 3.15. The summed E-state index contributed by atoms with van der Waals surface area (Å²) in [5.74, 6) is 1.87. The zero-order valence-electron chi connectivity index (χ0n) is 14.0. The van der Waals surface area contributed by atoms with Gasteiger partial charge < -0.3 is 9.73 Å². The molecule has 0 saturated carbocycles. The minimum absolute atomic E-state index is 0.0264. The van der Waals surface area contributed by atoms with E-state index in [1.54, 1.807) is 18.0 Å². The van der Waals surface area contributed by atoms with Crippen LogP contribution in [-0.4, -0.2) is 36.7 Å². The molecule has 0 spiro atoms. The Morgan fingerprint density at radius 1 is 1.25 bits per heavy atom. The lowest BCUT2D eigenvalue weighted by molar-refractivity contribution is 0.0934. The molecule has 5 heteroatoms. The second kappa shape index (κ2) is 8.40. The van der Waals surface area contributed by atoms with Crippen molar-refractivity contribution in [1.82, 2.24) is 10.2 Å². The second-order valence-corrected chi connectivity index (χ2v) is 6.98. The van der Waals surface area contributed by atoms with Crippen molar-refractivity contribution in [1.29, 1.82) is 0 Å². The van der Waals surface area contributed by atoms with Crippen molar-refractivity contribution < 1.29 is 9.21 Å². The zero-order valence-corrected chi connectivity index (χ0v) is 14.8. The summed E-state index contributed by atoms with van der Waals surface area (Å²) >= 11 is 1.78. The highest BCUT2D eigenvalue weighted by Crippen LogP contribution is 2.25. The highest BCUT2D eigenvalue weighted by Gasteiger charge is 2.26. The lowest BCUT2D eigenvalue weighted by Crippen LogP contribution is -2.36. The molecule has 4 nitrogen and oxygen atoms in total. The zero-order chi connectivity index (χ0) is 16.8. The molecule has 0 aliphatic carbocycles. The first-order chi connectivity index (χ1) is 11.8. The maximum atomic E-state index is 12.4. The van der Waals surface area contributed by atoms with E-state index in [1.807, 2.05) is 36.4 Å². The molecular formula is C19H24N2O2S. The smallest absolute Gasteiger partial charge is 0.251 e. The fourth-order valence-corrected chi connectivity index (χ4v) is 3.68. The third-order valence-corrected chi connectivity index (χ3v) is 5.06. The number of nitrogens with zero attached hydrogens (tertiary/aromatic N) is 1. The van der Waals surface area contributed by atoms with Crippen LogP contribution in [0.25, 0.3) is 0 Å². The van der Waals surface area contributed by atoms with Crippen LogP contribution in [0.1, 0.15) is 40.6 Å². The van der Waals surface area contributed by atoms with Gasteiger partial charge in [0.1, 0.15) is 5.76 Å². The third kappa shape index (κ3) is 4.22. The van der Waals surface area contributed by atoms with Gasteiger partial charge in [-0.05, 0) is 62.0 Å². The number of carbonyl (C=O) groups is 1. The summed E-state index contributed by atoms with van der Waals surface area (Å²) in [5.41, 5.74) is 1.95. The highest BCUT2D eigenvalue weighted by molar-refractivity contribution is 7.97. The number of furan rings is 1. The van der Waals surface area contributed by atoms with E-state index in [2.05, 4.69) is 16.5 Å². The van der Waals surface area contributed by atoms with E-state index < -0.39 is 0 Å². The number of benzene rings is 1. The molecule has 0 bridgehead atoms. The van der Waals surface area contributed by atoms with Gasteiger partial charge in [-0.15, -0.1) is 0 Å². The summed E-state index contributed by atoms with van der Waals surface area (Å²) in [6, 6.07) is 11.9. The molecule has 1 N–H and O–H groups in total. The van der Waals surface area contributed by atoms with Gasteiger partial charge in [0.05, 0.1) is 12.3 Å². The largest absolute Gasteiger partial charge is 0.468 e. The molecule has 1 aromatic heterocycles. The summed E-state index contributed by atoms with van der Waals surface area (Å²) < 4.78 is 5.59. The molecule has 1 amide bonds. The number of hydrogen-bond acceptors (Lipinski definition) is 4. The van der Waals surface area contributed by atoms with E-state index in [0.29, 0.717) is 12.1 Å². The van der Waals surface area contributed by atoms with Gasteiger partial charge in [0.25, 0.3) is 5.91 Å². The van der Waals surface area contributed by atoms with E-state index in [4.69, 9.17) is 4.42 Å². The Morgan fingerprint density at radius 2 is 2.00 bits per heavy atom. The minimum Gasteiger partial charge on any atom is -0.468 e. The van der Waals surface area contributed by atoms with Gasteiger partial charge in [0.2, 0.25) is 0 Å². The molecule has 1 aliphatic rings. The first kappa shape index (κ1) is 17.1. The van der Waals surface area contributed by atoms with Gasteiger partial charge in [-0.3, -0.25) is 9.69 Å². The summed E-state index contributed by atoms with van der Waals surface area (Å²) in [6.45, 7) is 2.69. The number of thioether (sulfide) groups is 1. The Hall–Kier alpha value is -1.72. The second-order valence-electron chi connectivity index (χ2n) is 6.11. The molecule has 0 unspecified atom stereocenters. The molecule has 128 valence electrons. The number of carbonyl (C=O) groups excluding carboxylic acids is 1. The maximum absolute atomic E-state index is 12.4.